The predicted octanol–water partition coefficient (Wildman–Crippen LogP) is 0.463. The van der Waals surface area contributed by atoms with Crippen LogP contribution in [0.4, 0.5) is 0 Å². The van der Waals surface area contributed by atoms with E-state index in [1.165, 1.54) is 0 Å². The van der Waals surface area contributed by atoms with E-state index in [0.717, 1.165) is 6.54 Å². The molecule has 0 aromatic heterocycles. The molecule has 3 heteroatoms. The molecule has 0 aliphatic rings. The number of carbonyl (C=O) groups excluding carboxylic acids is 1. The molecule has 0 saturated carbocycles. The van der Waals surface area contributed by atoms with Crippen molar-refractivity contribution >= 4 is 5.91 Å². The van der Waals surface area contributed by atoms with Crippen molar-refractivity contribution in [2.45, 2.75) is 26.3 Å². The molecule has 1 amide bonds. The van der Waals surface area contributed by atoms with E-state index in [0.29, 0.717) is 12.5 Å². The second-order valence-electron chi connectivity index (χ2n) is 3.15. The monoisotopic (exact) mass is 158 g/mol. The van der Waals surface area contributed by atoms with Crippen molar-refractivity contribution in [2.75, 3.05) is 20.6 Å². The molecule has 0 heterocycles. The van der Waals surface area contributed by atoms with E-state index in [4.69, 9.17) is 0 Å². The average molecular weight is 158 g/mol. The highest BCUT2D eigenvalue weighted by molar-refractivity contribution is 5.75. The highest BCUT2D eigenvalue weighted by atomic mass is 16.2. The maximum Gasteiger partial charge on any atom is 0.223 e. The molecule has 0 fully saturated rings. The fourth-order valence-electron chi connectivity index (χ4n) is 0.691. The molecule has 0 aromatic carbocycles. The molecular weight excluding hydrogens is 140 g/mol. The lowest BCUT2D eigenvalue weighted by Crippen LogP contribution is -2.29. The lowest BCUT2D eigenvalue weighted by Gasteiger charge is -2.11. The van der Waals surface area contributed by atoms with E-state index >= 15 is 0 Å². The molecule has 0 aromatic rings. The molecule has 0 unspecified atom stereocenters. The summed E-state index contributed by atoms with van der Waals surface area (Å²) in [4.78, 5) is 12.6. The lowest BCUT2D eigenvalue weighted by atomic mass is 10.3. The van der Waals surface area contributed by atoms with E-state index in [-0.39, 0.29) is 5.91 Å². The van der Waals surface area contributed by atoms with Gasteiger partial charge in [-0.25, -0.2) is 0 Å². The third-order valence-electron chi connectivity index (χ3n) is 1.39. The smallest absolute Gasteiger partial charge is 0.223 e. The van der Waals surface area contributed by atoms with Crippen LogP contribution in [0.1, 0.15) is 20.3 Å². The first kappa shape index (κ1) is 10.4. The third kappa shape index (κ3) is 5.85. The maximum atomic E-state index is 11.0. The van der Waals surface area contributed by atoms with Gasteiger partial charge in [-0.15, -0.1) is 0 Å². The van der Waals surface area contributed by atoms with Crippen LogP contribution in [0.5, 0.6) is 0 Å². The third-order valence-corrected chi connectivity index (χ3v) is 1.39. The van der Waals surface area contributed by atoms with Gasteiger partial charge in [0.15, 0.2) is 0 Å². The normalized spacial score (nSPS) is 10.3. The van der Waals surface area contributed by atoms with Crippen molar-refractivity contribution in [2.24, 2.45) is 0 Å². The Morgan fingerprint density at radius 1 is 1.45 bits per heavy atom. The summed E-state index contributed by atoms with van der Waals surface area (Å²) in [5, 5.41) is 3.18. The van der Waals surface area contributed by atoms with Gasteiger partial charge in [0.2, 0.25) is 5.91 Å². The Kier molecular flexibility index (Phi) is 4.86. The zero-order valence-electron chi connectivity index (χ0n) is 7.85. The minimum atomic E-state index is 0.179. The molecule has 0 rings (SSSR count). The first-order valence-corrected chi connectivity index (χ1v) is 3.97. The van der Waals surface area contributed by atoms with Gasteiger partial charge in [0.1, 0.15) is 0 Å². The van der Waals surface area contributed by atoms with E-state index in [9.17, 15) is 4.79 Å². The van der Waals surface area contributed by atoms with Crippen LogP contribution in [-0.4, -0.2) is 37.5 Å². The van der Waals surface area contributed by atoms with Gasteiger partial charge in [0, 0.05) is 33.1 Å². The number of hydrogen-bond donors (Lipinski definition) is 1. The molecule has 0 atom stereocenters. The molecule has 11 heavy (non-hydrogen) atoms. The zero-order valence-corrected chi connectivity index (χ0v) is 7.85. The van der Waals surface area contributed by atoms with Crippen LogP contribution in [0.2, 0.25) is 0 Å². The number of nitrogens with one attached hydrogen (secondary N) is 1. The van der Waals surface area contributed by atoms with Gasteiger partial charge in [0.05, 0.1) is 0 Å². The van der Waals surface area contributed by atoms with Crippen LogP contribution in [0.3, 0.4) is 0 Å². The topological polar surface area (TPSA) is 32.3 Å². The van der Waals surface area contributed by atoms with E-state index in [2.05, 4.69) is 19.2 Å². The zero-order chi connectivity index (χ0) is 8.85. The van der Waals surface area contributed by atoms with Crippen molar-refractivity contribution in [3.8, 4) is 0 Å². The second-order valence-corrected chi connectivity index (χ2v) is 3.15. The minimum Gasteiger partial charge on any atom is -0.349 e. The van der Waals surface area contributed by atoms with Crippen molar-refractivity contribution in [1.82, 2.24) is 10.2 Å². The van der Waals surface area contributed by atoms with Crippen LogP contribution < -0.4 is 5.32 Å². The van der Waals surface area contributed by atoms with Crippen molar-refractivity contribution in [3.05, 3.63) is 0 Å². The van der Waals surface area contributed by atoms with E-state index in [1.54, 1.807) is 19.0 Å². The van der Waals surface area contributed by atoms with Crippen LogP contribution in [0.15, 0.2) is 0 Å². The summed E-state index contributed by atoms with van der Waals surface area (Å²) in [5.74, 6) is 0.179. The van der Waals surface area contributed by atoms with Gasteiger partial charge in [-0.1, -0.05) is 13.8 Å². The number of nitrogens with zero attached hydrogens (tertiary/aromatic N) is 1. The average Bonchev–Trinajstić information content (AvgIpc) is 1.86. The Bertz CT molecular complexity index is 121. The Morgan fingerprint density at radius 3 is 2.36 bits per heavy atom. The van der Waals surface area contributed by atoms with Crippen molar-refractivity contribution < 1.29 is 4.79 Å². The Morgan fingerprint density at radius 2 is 2.00 bits per heavy atom. The lowest BCUT2D eigenvalue weighted by molar-refractivity contribution is -0.128. The predicted molar refractivity (Wildman–Crippen MR) is 46.4 cm³/mol. The summed E-state index contributed by atoms with van der Waals surface area (Å²) in [6.07, 6.45) is 0.588. The Labute approximate surface area is 68.8 Å². The summed E-state index contributed by atoms with van der Waals surface area (Å²) >= 11 is 0. The fraction of sp³-hybridized carbons (Fsp3) is 0.875. The van der Waals surface area contributed by atoms with Crippen LogP contribution >= 0.6 is 0 Å². The summed E-state index contributed by atoms with van der Waals surface area (Å²) in [6.45, 7) is 4.91. The molecule has 3 nitrogen and oxygen atoms in total. The molecule has 66 valence electrons. The quantitative estimate of drug-likeness (QED) is 0.644. The molecular formula is C8H18N2O. The van der Waals surface area contributed by atoms with E-state index < -0.39 is 0 Å². The van der Waals surface area contributed by atoms with E-state index in [1.807, 2.05) is 0 Å². The van der Waals surface area contributed by atoms with Gasteiger partial charge in [-0.3, -0.25) is 4.79 Å². The van der Waals surface area contributed by atoms with Crippen LogP contribution in [0, 0.1) is 0 Å². The van der Waals surface area contributed by atoms with Crippen LogP contribution in [0.25, 0.3) is 0 Å². The molecule has 1 N–H and O–H groups in total. The number of amides is 1. The first-order chi connectivity index (χ1) is 5.04. The first-order valence-electron chi connectivity index (χ1n) is 3.97. The molecule has 0 aliphatic carbocycles. The van der Waals surface area contributed by atoms with Gasteiger partial charge in [0.25, 0.3) is 0 Å². The summed E-state index contributed by atoms with van der Waals surface area (Å²) in [6, 6.07) is 0.463. The number of hydrogen-bond acceptors (Lipinski definition) is 2. The molecule has 0 radical (unpaired) electrons. The minimum absolute atomic E-state index is 0.179. The maximum absolute atomic E-state index is 11.0. The van der Waals surface area contributed by atoms with Gasteiger partial charge in [-0.05, 0) is 0 Å². The number of carbonyl (C=O) groups is 1. The van der Waals surface area contributed by atoms with Gasteiger partial charge >= 0.3 is 0 Å². The summed E-state index contributed by atoms with van der Waals surface area (Å²) in [7, 11) is 3.55. The fourth-order valence-corrected chi connectivity index (χ4v) is 0.691. The highest BCUT2D eigenvalue weighted by Crippen LogP contribution is 1.85. The van der Waals surface area contributed by atoms with Crippen LogP contribution in [-0.2, 0) is 4.79 Å². The van der Waals surface area contributed by atoms with Crippen molar-refractivity contribution in [3.63, 3.8) is 0 Å². The standard InChI is InChI=1S/C8H18N2O/c1-7(2)9-6-5-8(11)10(3)4/h7,9H,5-6H2,1-4H3. The molecule has 0 bridgehead atoms. The Hall–Kier alpha value is -0.570. The molecule has 0 spiro atoms. The van der Waals surface area contributed by atoms with Gasteiger partial charge in [-0.2, -0.15) is 0 Å². The Balaban J connectivity index is 3.32. The largest absolute Gasteiger partial charge is 0.349 e. The van der Waals surface area contributed by atoms with Gasteiger partial charge < -0.3 is 10.2 Å². The highest BCUT2D eigenvalue weighted by Gasteiger charge is 2.02. The molecule has 0 saturated heterocycles. The van der Waals surface area contributed by atoms with Crippen molar-refractivity contribution in [1.29, 1.82) is 0 Å². The SMILES string of the molecule is CC(C)NCCC(=O)N(C)C. The number of rotatable bonds is 4. The molecule has 0 aliphatic heterocycles. The summed E-state index contributed by atoms with van der Waals surface area (Å²) < 4.78 is 0. The second kappa shape index (κ2) is 5.13. The summed E-state index contributed by atoms with van der Waals surface area (Å²) in [5.41, 5.74) is 0.